The Hall–Kier alpha value is -1.06. The maximum absolute atomic E-state index is 12.9. The van der Waals surface area contributed by atoms with E-state index in [0.717, 1.165) is 12.8 Å². The van der Waals surface area contributed by atoms with Gasteiger partial charge in [0.25, 0.3) is 0 Å². The van der Waals surface area contributed by atoms with Crippen LogP contribution in [0.2, 0.25) is 0 Å². The van der Waals surface area contributed by atoms with Crippen LogP contribution in [0.1, 0.15) is 24.4 Å². The Morgan fingerprint density at radius 2 is 2.20 bits per heavy atom. The average Bonchev–Trinajstić information content (AvgIpc) is 2.18. The van der Waals surface area contributed by atoms with Crippen molar-refractivity contribution in [2.24, 2.45) is 5.73 Å². The van der Waals surface area contributed by atoms with Gasteiger partial charge in [-0.05, 0) is 30.5 Å². The normalized spacial score (nSPS) is 11.6. The van der Waals surface area contributed by atoms with Crippen molar-refractivity contribution in [2.75, 3.05) is 0 Å². The fourth-order valence-electron chi connectivity index (χ4n) is 1.22. The van der Waals surface area contributed by atoms with Crippen molar-refractivity contribution in [3.8, 4) is 5.75 Å². The molecule has 0 aromatic heterocycles. The summed E-state index contributed by atoms with van der Waals surface area (Å²) in [6, 6.07) is 4.01. The number of hydrogen-bond donors (Lipinski definition) is 2. The first-order chi connectivity index (χ1) is 6.65. The summed E-state index contributed by atoms with van der Waals surface area (Å²) in [6.45, 7) is 3.59. The third-order valence-corrected chi connectivity index (χ3v) is 2.08. The summed E-state index contributed by atoms with van der Waals surface area (Å²) in [5, 5.41) is 8.97. The number of phenols is 1. The predicted molar refractivity (Wildman–Crippen MR) is 61.7 cm³/mol. The molecule has 0 aliphatic heterocycles. The van der Waals surface area contributed by atoms with Crippen molar-refractivity contribution in [3.63, 3.8) is 0 Å². The molecule has 0 aliphatic carbocycles. The molecule has 2 nitrogen and oxygen atoms in total. The molecule has 0 unspecified atom stereocenters. The van der Waals surface area contributed by atoms with Gasteiger partial charge in [0.05, 0.1) is 0 Å². The van der Waals surface area contributed by atoms with E-state index < -0.39 is 5.82 Å². The highest BCUT2D eigenvalue weighted by molar-refractivity contribution is 5.85. The van der Waals surface area contributed by atoms with Gasteiger partial charge in [0.1, 0.15) is 0 Å². The van der Waals surface area contributed by atoms with Gasteiger partial charge in [-0.25, -0.2) is 4.39 Å². The van der Waals surface area contributed by atoms with Gasteiger partial charge in [-0.3, -0.25) is 0 Å². The summed E-state index contributed by atoms with van der Waals surface area (Å²) in [4.78, 5) is 0. The molecule has 4 heteroatoms. The van der Waals surface area contributed by atoms with Crippen molar-refractivity contribution < 1.29 is 9.50 Å². The van der Waals surface area contributed by atoms with Crippen LogP contribution in [0.4, 0.5) is 4.39 Å². The Kier molecular flexibility index (Phi) is 5.97. The van der Waals surface area contributed by atoms with Crippen LogP contribution in [-0.4, -0.2) is 5.11 Å². The van der Waals surface area contributed by atoms with E-state index in [-0.39, 0.29) is 24.2 Å². The fourth-order valence-corrected chi connectivity index (χ4v) is 1.22. The van der Waals surface area contributed by atoms with E-state index in [9.17, 15) is 4.39 Å². The lowest BCUT2D eigenvalue weighted by atomic mass is 10.0. The third-order valence-electron chi connectivity index (χ3n) is 2.08. The largest absolute Gasteiger partial charge is 0.505 e. The molecule has 0 heterocycles. The molecular weight excluding hydrogens is 217 g/mol. The van der Waals surface area contributed by atoms with Crippen LogP contribution in [0.3, 0.4) is 0 Å². The van der Waals surface area contributed by atoms with E-state index in [0.29, 0.717) is 5.56 Å². The lowest BCUT2D eigenvalue weighted by Crippen LogP contribution is -2.09. The number of rotatable bonds is 4. The van der Waals surface area contributed by atoms with Crippen LogP contribution in [0.15, 0.2) is 30.9 Å². The average molecular weight is 232 g/mol. The molecule has 1 atom stereocenters. The van der Waals surface area contributed by atoms with Crippen molar-refractivity contribution in [1.29, 1.82) is 0 Å². The number of aromatic hydroxyl groups is 1. The highest BCUT2D eigenvalue weighted by Gasteiger charge is 2.07. The maximum Gasteiger partial charge on any atom is 0.165 e. The number of benzene rings is 1. The molecule has 1 rings (SSSR count). The van der Waals surface area contributed by atoms with Gasteiger partial charge in [0, 0.05) is 6.04 Å². The zero-order valence-corrected chi connectivity index (χ0v) is 9.14. The Morgan fingerprint density at radius 1 is 1.53 bits per heavy atom. The zero-order chi connectivity index (χ0) is 10.6. The second kappa shape index (κ2) is 6.43. The number of phenolic OH excluding ortho intramolecular Hbond substituents is 1. The molecule has 0 radical (unpaired) electrons. The molecule has 1 aromatic rings. The molecule has 1 aromatic carbocycles. The van der Waals surface area contributed by atoms with Gasteiger partial charge in [0.2, 0.25) is 0 Å². The van der Waals surface area contributed by atoms with Crippen molar-refractivity contribution in [1.82, 2.24) is 0 Å². The molecule has 0 amide bonds. The Balaban J connectivity index is 0.00000196. The van der Waals surface area contributed by atoms with Crippen molar-refractivity contribution in [2.45, 2.75) is 18.9 Å². The monoisotopic (exact) mass is 231 g/mol. The molecule has 0 spiro atoms. The summed E-state index contributed by atoms with van der Waals surface area (Å²) in [5.74, 6) is -0.971. The smallest absolute Gasteiger partial charge is 0.165 e. The highest BCUT2D eigenvalue weighted by atomic mass is 35.5. The first-order valence-corrected chi connectivity index (χ1v) is 4.50. The molecule has 0 saturated heterocycles. The van der Waals surface area contributed by atoms with Crippen molar-refractivity contribution in [3.05, 3.63) is 42.2 Å². The SMILES string of the molecule is C=CCC[C@H](N)c1ccc(O)c(F)c1.Cl. The molecular formula is C11H15ClFNO. The van der Waals surface area contributed by atoms with Gasteiger partial charge >= 0.3 is 0 Å². The fraction of sp³-hybridized carbons (Fsp3) is 0.273. The quantitative estimate of drug-likeness (QED) is 0.783. The van der Waals surface area contributed by atoms with E-state index in [2.05, 4.69) is 6.58 Å². The molecule has 3 N–H and O–H groups in total. The van der Waals surface area contributed by atoms with Gasteiger partial charge in [-0.1, -0.05) is 12.1 Å². The van der Waals surface area contributed by atoms with Crippen LogP contribution in [0.5, 0.6) is 5.75 Å². The Morgan fingerprint density at radius 3 is 2.73 bits per heavy atom. The Bertz CT molecular complexity index is 330. The standard InChI is InChI=1S/C11H14FNO.ClH/c1-2-3-4-10(13)8-5-6-11(14)9(12)7-8;/h2,5-7,10,14H,1,3-4,13H2;1H/t10-;/m0./s1. The van der Waals surface area contributed by atoms with E-state index in [1.165, 1.54) is 12.1 Å². The van der Waals surface area contributed by atoms with Gasteiger partial charge in [-0.2, -0.15) is 0 Å². The molecule has 15 heavy (non-hydrogen) atoms. The van der Waals surface area contributed by atoms with Crippen LogP contribution >= 0.6 is 12.4 Å². The summed E-state index contributed by atoms with van der Waals surface area (Å²) < 4.78 is 12.9. The first kappa shape index (κ1) is 13.9. The second-order valence-electron chi connectivity index (χ2n) is 3.18. The molecule has 0 fully saturated rings. The Labute approximate surface area is 95.0 Å². The molecule has 0 bridgehead atoms. The molecule has 0 aliphatic rings. The van der Waals surface area contributed by atoms with Crippen molar-refractivity contribution >= 4 is 12.4 Å². The van der Waals surface area contributed by atoms with Crippen LogP contribution in [0.25, 0.3) is 0 Å². The minimum Gasteiger partial charge on any atom is -0.505 e. The van der Waals surface area contributed by atoms with Crippen LogP contribution in [0, 0.1) is 5.82 Å². The third kappa shape index (κ3) is 3.90. The maximum atomic E-state index is 12.9. The second-order valence-corrected chi connectivity index (χ2v) is 3.18. The van der Waals surface area contributed by atoms with Gasteiger partial charge in [-0.15, -0.1) is 19.0 Å². The summed E-state index contributed by atoms with van der Waals surface area (Å²) in [5.41, 5.74) is 6.50. The molecule has 0 saturated carbocycles. The summed E-state index contributed by atoms with van der Waals surface area (Å²) in [6.07, 6.45) is 3.30. The number of hydrogen-bond acceptors (Lipinski definition) is 2. The lowest BCUT2D eigenvalue weighted by molar-refractivity contribution is 0.431. The van der Waals surface area contributed by atoms with Crippen LogP contribution in [-0.2, 0) is 0 Å². The van der Waals surface area contributed by atoms with E-state index >= 15 is 0 Å². The van der Waals surface area contributed by atoms with E-state index in [4.69, 9.17) is 10.8 Å². The highest BCUT2D eigenvalue weighted by Crippen LogP contribution is 2.22. The van der Waals surface area contributed by atoms with Gasteiger partial charge in [0.15, 0.2) is 11.6 Å². The van der Waals surface area contributed by atoms with E-state index in [1.54, 1.807) is 12.1 Å². The topological polar surface area (TPSA) is 46.2 Å². The number of nitrogens with two attached hydrogens (primary N) is 1. The first-order valence-electron chi connectivity index (χ1n) is 4.50. The summed E-state index contributed by atoms with van der Waals surface area (Å²) in [7, 11) is 0. The van der Waals surface area contributed by atoms with Crippen LogP contribution < -0.4 is 5.73 Å². The minimum atomic E-state index is -0.628. The number of allylic oxidation sites excluding steroid dienone is 1. The zero-order valence-electron chi connectivity index (χ0n) is 8.32. The van der Waals surface area contributed by atoms with E-state index in [1.807, 2.05) is 0 Å². The minimum absolute atomic E-state index is 0. The summed E-state index contributed by atoms with van der Waals surface area (Å²) >= 11 is 0. The van der Waals surface area contributed by atoms with Gasteiger partial charge < -0.3 is 10.8 Å². The predicted octanol–water partition coefficient (Wildman–Crippen LogP) is 2.92. The lowest BCUT2D eigenvalue weighted by Gasteiger charge is -2.10. The molecule has 84 valence electrons. The number of halogens is 2.